The molecule has 2 N–H and O–H groups in total. The van der Waals surface area contributed by atoms with Gasteiger partial charge >= 0.3 is 0 Å². The Hall–Kier alpha value is -3.19. The van der Waals surface area contributed by atoms with Crippen molar-refractivity contribution in [2.45, 2.75) is 0 Å². The van der Waals surface area contributed by atoms with E-state index >= 15 is 0 Å². The number of nitrogens with zero attached hydrogens (tertiary/aromatic N) is 5. The summed E-state index contributed by atoms with van der Waals surface area (Å²) in [5.41, 5.74) is 5.80. The van der Waals surface area contributed by atoms with Crippen molar-refractivity contribution in [3.05, 3.63) is 53.1 Å². The Morgan fingerprint density at radius 2 is 2.04 bits per heavy atom. The molecule has 0 fully saturated rings. The summed E-state index contributed by atoms with van der Waals surface area (Å²) in [5, 5.41) is 23.3. The summed E-state index contributed by atoms with van der Waals surface area (Å²) in [6.07, 6.45) is 1.48. The molecule has 0 radical (unpaired) electrons. The Morgan fingerprint density at radius 1 is 1.20 bits per heavy atom. The fraction of sp³-hybridized carbons (Fsp3) is 0.0588. The summed E-state index contributed by atoms with van der Waals surface area (Å²) >= 11 is 6.04. The minimum atomic E-state index is 0.112. The SMILES string of the molecule is Cn1c2ccccc2c2nnc(NN=Cc3cc(O)ccc3Cl)nc21. The van der Waals surface area contributed by atoms with Crippen LogP contribution in [0.5, 0.6) is 5.75 Å². The van der Waals surface area contributed by atoms with Crippen molar-refractivity contribution in [2.75, 3.05) is 5.43 Å². The van der Waals surface area contributed by atoms with Crippen LogP contribution >= 0.6 is 11.6 Å². The molecule has 7 nitrogen and oxygen atoms in total. The fourth-order valence-electron chi connectivity index (χ4n) is 2.64. The van der Waals surface area contributed by atoms with Crippen LogP contribution in [0.3, 0.4) is 0 Å². The zero-order chi connectivity index (χ0) is 17.4. The lowest BCUT2D eigenvalue weighted by atomic mass is 10.2. The van der Waals surface area contributed by atoms with Crippen LogP contribution in [0.15, 0.2) is 47.6 Å². The summed E-state index contributed by atoms with van der Waals surface area (Å²) in [6, 6.07) is 12.5. The van der Waals surface area contributed by atoms with Gasteiger partial charge in [-0.1, -0.05) is 29.8 Å². The van der Waals surface area contributed by atoms with Gasteiger partial charge in [0.1, 0.15) is 11.3 Å². The van der Waals surface area contributed by atoms with Crippen LogP contribution in [-0.2, 0) is 7.05 Å². The average molecular weight is 353 g/mol. The number of anilines is 1. The Kier molecular flexibility index (Phi) is 3.70. The topological polar surface area (TPSA) is 88.2 Å². The molecular weight excluding hydrogens is 340 g/mol. The molecule has 0 spiro atoms. The summed E-state index contributed by atoms with van der Waals surface area (Å²) in [6.45, 7) is 0. The number of fused-ring (bicyclic) bond motifs is 3. The third kappa shape index (κ3) is 2.74. The molecule has 2 aromatic carbocycles. The number of phenolic OH excluding ortho intramolecular Hbond substituents is 1. The van der Waals surface area contributed by atoms with Crippen molar-refractivity contribution in [1.82, 2.24) is 19.7 Å². The number of aromatic hydroxyl groups is 1. The number of hydrogen-bond donors (Lipinski definition) is 2. The molecule has 0 aliphatic heterocycles. The van der Waals surface area contributed by atoms with Gasteiger partial charge in [-0.2, -0.15) is 10.1 Å². The van der Waals surface area contributed by atoms with Gasteiger partial charge in [0.15, 0.2) is 5.65 Å². The summed E-state index contributed by atoms with van der Waals surface area (Å²) in [7, 11) is 1.93. The second kappa shape index (κ2) is 6.03. The molecule has 124 valence electrons. The second-order valence-corrected chi connectivity index (χ2v) is 5.87. The van der Waals surface area contributed by atoms with Crippen LogP contribution in [0.1, 0.15) is 5.56 Å². The Labute approximate surface area is 147 Å². The standard InChI is InChI=1S/C17H13ClN6O/c1-24-14-5-3-2-4-12(14)15-16(24)20-17(23-21-15)22-19-9-10-8-11(25)6-7-13(10)18/h2-9,25H,1H3,(H,20,22,23). The van der Waals surface area contributed by atoms with Gasteiger partial charge in [-0.25, -0.2) is 5.43 Å². The molecule has 4 aromatic rings. The van der Waals surface area contributed by atoms with Crippen molar-refractivity contribution in [3.8, 4) is 5.75 Å². The van der Waals surface area contributed by atoms with E-state index in [0.717, 1.165) is 16.4 Å². The van der Waals surface area contributed by atoms with Crippen molar-refractivity contribution >= 4 is 45.8 Å². The number of aromatic nitrogens is 4. The molecule has 0 saturated carbocycles. The van der Waals surface area contributed by atoms with E-state index in [9.17, 15) is 5.11 Å². The van der Waals surface area contributed by atoms with Gasteiger partial charge in [0.2, 0.25) is 0 Å². The Balaban J connectivity index is 1.66. The lowest BCUT2D eigenvalue weighted by molar-refractivity contribution is 0.475. The minimum Gasteiger partial charge on any atom is -0.508 e. The third-order valence-corrected chi connectivity index (χ3v) is 4.20. The van der Waals surface area contributed by atoms with E-state index < -0.39 is 0 Å². The van der Waals surface area contributed by atoms with Crippen LogP contribution < -0.4 is 5.43 Å². The number of nitrogens with one attached hydrogen (secondary N) is 1. The first kappa shape index (κ1) is 15.3. The highest BCUT2D eigenvalue weighted by Crippen LogP contribution is 2.25. The molecule has 0 bridgehead atoms. The van der Waals surface area contributed by atoms with Crippen LogP contribution in [0, 0.1) is 0 Å². The maximum atomic E-state index is 9.49. The summed E-state index contributed by atoms with van der Waals surface area (Å²) in [4.78, 5) is 4.47. The fourth-order valence-corrected chi connectivity index (χ4v) is 2.81. The van der Waals surface area contributed by atoms with Gasteiger partial charge in [0.25, 0.3) is 5.95 Å². The van der Waals surface area contributed by atoms with E-state index in [1.165, 1.54) is 18.3 Å². The number of halogens is 1. The van der Waals surface area contributed by atoms with Gasteiger partial charge in [-0.05, 0) is 24.3 Å². The van der Waals surface area contributed by atoms with Gasteiger partial charge in [0, 0.05) is 23.0 Å². The summed E-state index contributed by atoms with van der Waals surface area (Å²) < 4.78 is 1.96. The predicted molar refractivity (Wildman–Crippen MR) is 98.1 cm³/mol. The van der Waals surface area contributed by atoms with Crippen molar-refractivity contribution in [1.29, 1.82) is 0 Å². The normalized spacial score (nSPS) is 11.6. The molecule has 2 aromatic heterocycles. The number of phenols is 1. The van der Waals surface area contributed by atoms with Gasteiger partial charge in [-0.3, -0.25) is 0 Å². The van der Waals surface area contributed by atoms with Crippen LogP contribution in [-0.4, -0.2) is 31.1 Å². The van der Waals surface area contributed by atoms with Crippen molar-refractivity contribution in [3.63, 3.8) is 0 Å². The van der Waals surface area contributed by atoms with Crippen LogP contribution in [0.4, 0.5) is 5.95 Å². The number of hydrogen-bond acceptors (Lipinski definition) is 6. The van der Waals surface area contributed by atoms with Crippen LogP contribution in [0.25, 0.3) is 22.1 Å². The van der Waals surface area contributed by atoms with Crippen LogP contribution in [0.2, 0.25) is 5.02 Å². The van der Waals surface area contributed by atoms with Crippen molar-refractivity contribution < 1.29 is 5.11 Å². The molecule has 0 atom stereocenters. The maximum Gasteiger partial charge on any atom is 0.265 e. The molecule has 2 heterocycles. The lowest BCUT2D eigenvalue weighted by Crippen LogP contribution is -2.00. The molecular formula is C17H13ClN6O. The number of hydrazone groups is 1. The molecule has 0 aliphatic rings. The van der Waals surface area contributed by atoms with Gasteiger partial charge in [0.05, 0.1) is 11.7 Å². The summed E-state index contributed by atoms with van der Waals surface area (Å²) in [5.74, 6) is 0.381. The highest BCUT2D eigenvalue weighted by atomic mass is 35.5. The first-order chi connectivity index (χ1) is 12.1. The number of rotatable bonds is 3. The first-order valence-corrected chi connectivity index (χ1v) is 7.87. The monoisotopic (exact) mass is 352 g/mol. The van der Waals surface area contributed by atoms with E-state index in [-0.39, 0.29) is 11.7 Å². The molecule has 8 heteroatoms. The molecule has 0 amide bonds. The molecule has 4 rings (SSSR count). The number of para-hydroxylation sites is 1. The van der Waals surface area contributed by atoms with Crippen molar-refractivity contribution in [2.24, 2.45) is 12.1 Å². The number of benzene rings is 2. The van der Waals surface area contributed by atoms with Gasteiger partial charge < -0.3 is 9.67 Å². The van der Waals surface area contributed by atoms with E-state index in [4.69, 9.17) is 11.6 Å². The van der Waals surface area contributed by atoms with E-state index in [1.54, 1.807) is 6.07 Å². The maximum absolute atomic E-state index is 9.49. The van der Waals surface area contributed by atoms with Gasteiger partial charge in [-0.15, -0.1) is 10.2 Å². The van der Waals surface area contributed by atoms with E-state index in [0.29, 0.717) is 16.2 Å². The predicted octanol–water partition coefficient (Wildman–Crippen LogP) is 3.32. The van der Waals surface area contributed by atoms with E-state index in [2.05, 4.69) is 25.7 Å². The smallest absolute Gasteiger partial charge is 0.265 e. The van der Waals surface area contributed by atoms with E-state index in [1.807, 2.05) is 35.9 Å². The average Bonchev–Trinajstić information content (AvgIpc) is 2.91. The first-order valence-electron chi connectivity index (χ1n) is 7.49. The second-order valence-electron chi connectivity index (χ2n) is 5.46. The third-order valence-electron chi connectivity index (χ3n) is 3.85. The molecule has 25 heavy (non-hydrogen) atoms. The largest absolute Gasteiger partial charge is 0.508 e. The minimum absolute atomic E-state index is 0.112. The quantitative estimate of drug-likeness (QED) is 0.436. The highest BCUT2D eigenvalue weighted by molar-refractivity contribution is 6.33. The zero-order valence-corrected chi connectivity index (χ0v) is 13.9. The lowest BCUT2D eigenvalue weighted by Gasteiger charge is -2.01. The Morgan fingerprint density at radius 3 is 2.92 bits per heavy atom. The number of aryl methyl sites for hydroxylation is 1. The molecule has 0 unspecified atom stereocenters. The zero-order valence-electron chi connectivity index (χ0n) is 13.2. The Bertz CT molecular complexity index is 1120. The molecule has 0 saturated heterocycles. The highest BCUT2D eigenvalue weighted by Gasteiger charge is 2.11. The molecule has 0 aliphatic carbocycles.